The number of halogens is 12. The highest BCUT2D eigenvalue weighted by Gasteiger charge is 2.38. The Kier molecular flexibility index (Phi) is 22.2. The van der Waals surface area contributed by atoms with E-state index in [-0.39, 0.29) is 113 Å². The molecule has 0 saturated carbocycles. The topological polar surface area (TPSA) is 439 Å². The van der Waals surface area contributed by atoms with E-state index in [9.17, 15) is 67.1 Å². The van der Waals surface area contributed by atoms with Gasteiger partial charge >= 0.3 is 18.5 Å². The quantitative estimate of drug-likeness (QED) is 0.0235. The molecule has 0 bridgehead atoms. The second-order valence-electron chi connectivity index (χ2n) is 21.4. The van der Waals surface area contributed by atoms with Crippen LogP contribution in [0.4, 0.5) is 134 Å². The molecule has 0 radical (unpaired) electrons. The third-order valence-corrected chi connectivity index (χ3v) is 14.0. The number of ether oxygens (including phenoxy) is 1. The Morgan fingerprint density at radius 3 is 1.40 bits per heavy atom. The van der Waals surface area contributed by atoms with Crippen molar-refractivity contribution in [3.05, 3.63) is 109 Å². The fraction of sp³-hybridized carbons (Fsp3) is 0.304. The second kappa shape index (κ2) is 30.8. The van der Waals surface area contributed by atoms with Crippen LogP contribution in [0.25, 0.3) is 17.8 Å². The van der Waals surface area contributed by atoms with Crippen molar-refractivity contribution in [3.8, 4) is 23.6 Å². The van der Waals surface area contributed by atoms with E-state index < -0.39 is 104 Å². The van der Waals surface area contributed by atoms with Crippen LogP contribution < -0.4 is 75.1 Å². The van der Waals surface area contributed by atoms with Gasteiger partial charge in [-0.1, -0.05) is 6.07 Å². The molecular formula is C56H88F12N28O4. The molecule has 0 spiro atoms. The normalized spacial score (nSPS) is 14.5. The molecule has 2 aliphatic heterocycles. The molecule has 9 aromatic rings. The molecule has 2 fully saturated rings. The highest BCUT2D eigenvalue weighted by atomic mass is 19.4. The Morgan fingerprint density at radius 1 is 0.540 bits per heavy atom. The van der Waals surface area contributed by atoms with Gasteiger partial charge in [0, 0.05) is 69.3 Å². The summed E-state index contributed by atoms with van der Waals surface area (Å²) in [6.45, 7) is -3.07. The largest absolute Gasteiger partial charge is 0.497 e. The van der Waals surface area contributed by atoms with Gasteiger partial charge in [-0.3, -0.25) is 14.4 Å². The van der Waals surface area contributed by atoms with Crippen LogP contribution in [0.15, 0.2) is 91.4 Å². The number of nitrogens with zero attached hydrogens (tertiary/aromatic N) is 17. The number of anilines is 14. The maximum Gasteiger partial charge on any atom is 0.405 e. The van der Waals surface area contributed by atoms with Gasteiger partial charge in [0.15, 0.2) is 40.7 Å². The van der Waals surface area contributed by atoms with Gasteiger partial charge in [-0.15, -0.1) is 15.3 Å². The van der Waals surface area contributed by atoms with Gasteiger partial charge in [-0.25, -0.2) is 28.1 Å². The van der Waals surface area contributed by atoms with Crippen LogP contribution in [0.2, 0.25) is 0 Å². The number of nitrogen functional groups attached to an aromatic ring is 5. The van der Waals surface area contributed by atoms with E-state index in [2.05, 4.69) is 81.4 Å². The van der Waals surface area contributed by atoms with Crippen molar-refractivity contribution in [2.45, 2.75) is 69.1 Å². The Bertz CT molecular complexity index is 4390. The fourth-order valence-corrected chi connectivity index (χ4v) is 9.45. The van der Waals surface area contributed by atoms with E-state index in [4.69, 9.17) is 33.4 Å². The predicted octanol–water partition coefficient (Wildman–Crippen LogP) is 10.0. The van der Waals surface area contributed by atoms with Crippen LogP contribution in [0.3, 0.4) is 0 Å². The van der Waals surface area contributed by atoms with E-state index >= 15 is 0 Å². The summed E-state index contributed by atoms with van der Waals surface area (Å²) in [5.74, 6) is -5.78. The molecule has 100 heavy (non-hydrogen) atoms. The smallest absolute Gasteiger partial charge is 0.405 e. The standard InChI is InChI=1S/2C19H20F4N10O.C18H18F4N8O2.15H2/c20-12-8-26-18(33-16(25)30-17(31-33)28-11-4-1-3-10(24)7-11)29-14(12)32-6-2-5-13(32)15(34)27-9-19(21,22)23;20-12-8-26-18(33-16(25)30-17(31-33)28-11-5-3-10(24)4-6-11)29-14(12)32-7-1-2-13(32)15(34)27-9-19(21,22)23;1-32-12-4-2-10(3-5-12)26-16-28-15(23)30(29-16)17-25-9-13(19)14(27-17)24-8-11(31)6-7-18(20,21)22;;;;;;;;;;;;;;;/h1,3-4,7-8,13H,2,5-6,9,24H2,(H,27,34)(H3,25,28,30,31);3-6,8,13H,1-2,7,9,24H2,(H,27,34)(H3,25,28,30,31);2-5,9H,6-8H2,1H3,(H,24,25,27)(H3,23,26,28,29);15*1H. The summed E-state index contributed by atoms with van der Waals surface area (Å²) in [5.41, 5.74) is 32.0. The van der Waals surface area contributed by atoms with Crippen LogP contribution in [-0.4, -0.2) is 162 Å². The zero-order valence-corrected chi connectivity index (χ0v) is 51.8. The van der Waals surface area contributed by atoms with Crippen LogP contribution in [0.5, 0.6) is 5.75 Å². The first-order chi connectivity index (χ1) is 47.3. The van der Waals surface area contributed by atoms with E-state index in [1.165, 1.54) is 16.9 Å². The molecule has 11 rings (SSSR count). The minimum Gasteiger partial charge on any atom is -0.497 e. The summed E-state index contributed by atoms with van der Waals surface area (Å²) in [6, 6.07) is 18.4. The molecule has 2 amide bonds. The minimum atomic E-state index is -4.56. The number of ketones is 1. The maximum absolute atomic E-state index is 14.6. The summed E-state index contributed by atoms with van der Waals surface area (Å²) in [7, 11) is 1.54. The summed E-state index contributed by atoms with van der Waals surface area (Å²) in [4.78, 5) is 74.7. The van der Waals surface area contributed by atoms with Gasteiger partial charge < -0.3 is 75.1 Å². The Labute approximate surface area is 577 Å². The van der Waals surface area contributed by atoms with E-state index in [0.717, 1.165) is 32.6 Å². The lowest BCUT2D eigenvalue weighted by Gasteiger charge is -2.25. The van der Waals surface area contributed by atoms with Crippen LogP contribution in [0.1, 0.15) is 59.9 Å². The van der Waals surface area contributed by atoms with Crippen molar-refractivity contribution >= 4 is 99.2 Å². The van der Waals surface area contributed by atoms with Crippen molar-refractivity contribution in [2.24, 2.45) is 0 Å². The lowest BCUT2D eigenvalue weighted by atomic mass is 10.2. The highest BCUT2D eigenvalue weighted by Crippen LogP contribution is 2.31. The molecule has 2 unspecified atom stereocenters. The van der Waals surface area contributed by atoms with Crippen molar-refractivity contribution in [2.75, 3.05) is 99.6 Å². The predicted molar refractivity (Wildman–Crippen MR) is 368 cm³/mol. The summed E-state index contributed by atoms with van der Waals surface area (Å²) in [5, 5.41) is 27.3. The summed E-state index contributed by atoms with van der Waals surface area (Å²) in [6.07, 6.45) is -11.6. The van der Waals surface area contributed by atoms with Crippen molar-refractivity contribution < 1.29 is 93.2 Å². The van der Waals surface area contributed by atoms with E-state index in [1.807, 2.05) is 10.6 Å². The molecule has 0 aliphatic carbocycles. The van der Waals surface area contributed by atoms with Gasteiger partial charge in [0.2, 0.25) is 47.5 Å². The number of carbonyl (C=O) groups is 3. The highest BCUT2D eigenvalue weighted by molar-refractivity contribution is 5.86. The number of methoxy groups -OCH3 is 1. The maximum atomic E-state index is 14.6. The molecule has 6 aromatic heterocycles. The second-order valence-corrected chi connectivity index (χ2v) is 21.4. The molecule has 2 atom stereocenters. The van der Waals surface area contributed by atoms with E-state index in [0.29, 0.717) is 47.0 Å². The zero-order chi connectivity index (χ0) is 72.2. The lowest BCUT2D eigenvalue weighted by molar-refractivity contribution is -0.142. The van der Waals surface area contributed by atoms with Crippen molar-refractivity contribution in [1.29, 1.82) is 0 Å². The van der Waals surface area contributed by atoms with Crippen LogP contribution >= 0.6 is 0 Å². The Hall–Kier alpha value is -12.3. The monoisotopic (exact) mass is 1440 g/mol. The number of hydrogen-bond acceptors (Lipinski definition) is 27. The average molecular weight is 1450 g/mol. The molecule has 44 heteroatoms. The number of benzene rings is 3. The fourth-order valence-electron chi connectivity index (χ4n) is 9.45. The van der Waals surface area contributed by atoms with Gasteiger partial charge in [0.05, 0.1) is 38.7 Å². The van der Waals surface area contributed by atoms with Crippen LogP contribution in [-0.2, 0) is 14.4 Å². The number of hydrogen-bond donors (Lipinski definition) is 11. The third-order valence-electron chi connectivity index (χ3n) is 14.0. The molecule has 2 aliphatic rings. The van der Waals surface area contributed by atoms with Crippen molar-refractivity contribution in [1.82, 2.24) is 84.8 Å². The van der Waals surface area contributed by atoms with Gasteiger partial charge in [-0.2, -0.15) is 83.5 Å². The Morgan fingerprint density at radius 2 is 0.970 bits per heavy atom. The third kappa shape index (κ3) is 19.5. The van der Waals surface area contributed by atoms with Gasteiger partial charge in [-0.05, 0) is 92.4 Å². The molecule has 560 valence electrons. The molecule has 3 aromatic carbocycles. The molecule has 8 heterocycles. The van der Waals surface area contributed by atoms with Crippen molar-refractivity contribution in [3.63, 3.8) is 0 Å². The number of Topliss-reactive ketones (excluding diaryl/α,β-unsaturated/α-hetero) is 1. The molecular weight excluding hydrogens is 1360 g/mol. The first kappa shape index (κ1) is 72.0. The lowest BCUT2D eigenvalue weighted by Crippen LogP contribution is -2.46. The number of nitrogens with two attached hydrogens (primary N) is 5. The first-order valence-corrected chi connectivity index (χ1v) is 29.3. The number of amides is 2. The minimum absolute atomic E-state index is 0. The summed E-state index contributed by atoms with van der Waals surface area (Å²) < 4.78 is 163. The van der Waals surface area contributed by atoms with E-state index in [1.54, 1.807) is 72.8 Å². The van der Waals surface area contributed by atoms with Gasteiger partial charge in [0.25, 0.3) is 17.8 Å². The number of alkyl halides is 9. The Balaban J connectivity index is -0.000000286. The average Bonchev–Trinajstić information content (AvgIpc) is 1.70. The molecule has 16 N–H and O–H groups in total. The molecule has 2 saturated heterocycles. The number of aromatic nitrogens is 15. The van der Waals surface area contributed by atoms with Gasteiger partial charge in [0.1, 0.15) is 30.9 Å². The molecule has 32 nitrogen and oxygen atoms in total. The SMILES string of the molecule is COc1ccc(Nc2nc(N)n(-c3ncc(F)c(NCC(=O)CCC(F)(F)F)n3)n2)cc1.Nc1ccc(Nc2nc(N)n(-c3ncc(F)c(N4CCCC4C(=O)NCC(F)(F)F)n3)n2)cc1.Nc1cccc(Nc2nc(N)n(-c3ncc(F)c(N4CCCC4C(=O)NCC(F)(F)F)n3)n2)c1.[HH].[HH].[HH].[HH].[HH].[HH].[HH].[HH].[HH].[HH].[HH].[HH].[HH].[HH].[HH]. The number of rotatable bonds is 21. The first-order valence-electron chi connectivity index (χ1n) is 29.3. The zero-order valence-electron chi connectivity index (χ0n) is 51.8. The number of carbonyl (C=O) groups excluding carboxylic acids is 3. The number of nitrogens with one attached hydrogen (secondary N) is 6. The van der Waals surface area contributed by atoms with Crippen LogP contribution in [0, 0.1) is 17.5 Å². The summed E-state index contributed by atoms with van der Waals surface area (Å²) >= 11 is 0.